The maximum Gasteiger partial charge on any atom is 0.190 e. The van der Waals surface area contributed by atoms with Gasteiger partial charge in [-0.25, -0.2) is 0 Å². The minimum atomic E-state index is 0. The number of nitrogens with one attached hydrogen (secondary N) is 2. The summed E-state index contributed by atoms with van der Waals surface area (Å²) in [6, 6.07) is 5.54. The topological polar surface area (TPSA) is 73.3 Å². The molecule has 1 aromatic rings. The summed E-state index contributed by atoms with van der Waals surface area (Å²) < 4.78 is 21.7. The van der Waals surface area contributed by atoms with Gasteiger partial charge in [-0.15, -0.1) is 24.0 Å². The molecular weight excluding hydrogens is 497 g/mol. The summed E-state index contributed by atoms with van der Waals surface area (Å²) in [5.41, 5.74) is 0.335. The highest BCUT2D eigenvalue weighted by atomic mass is 127. The van der Waals surface area contributed by atoms with Crippen LogP contribution < -0.4 is 24.8 Å². The van der Waals surface area contributed by atoms with Crippen LogP contribution in [0, 0.1) is 5.41 Å². The fraction of sp³-hybridized carbons (Fsp3) is 0.682. The Bertz CT molecular complexity index is 615. The first-order valence-electron chi connectivity index (χ1n) is 10.4. The molecule has 0 saturated heterocycles. The maximum absolute atomic E-state index is 5.83. The predicted molar refractivity (Wildman–Crippen MR) is 132 cm³/mol. The molecule has 0 amide bonds. The van der Waals surface area contributed by atoms with Crippen LogP contribution in [0.15, 0.2) is 23.2 Å². The molecule has 2 rings (SSSR count). The molecule has 0 unspecified atom stereocenters. The Morgan fingerprint density at radius 1 is 0.967 bits per heavy atom. The van der Waals surface area contributed by atoms with Crippen LogP contribution in [0.4, 0.5) is 0 Å². The van der Waals surface area contributed by atoms with Gasteiger partial charge in [0.05, 0.1) is 20.8 Å². The number of methoxy groups -OCH3 is 3. The van der Waals surface area contributed by atoms with Gasteiger partial charge >= 0.3 is 0 Å². The minimum Gasteiger partial charge on any atom is -0.496 e. The highest BCUT2D eigenvalue weighted by Crippen LogP contribution is 2.40. The number of guanidine groups is 1. The van der Waals surface area contributed by atoms with Crippen LogP contribution >= 0.6 is 24.0 Å². The van der Waals surface area contributed by atoms with E-state index in [4.69, 9.17) is 18.9 Å². The molecule has 0 heterocycles. The predicted octanol–water partition coefficient (Wildman–Crippen LogP) is 3.85. The van der Waals surface area contributed by atoms with E-state index in [0.717, 1.165) is 55.7 Å². The van der Waals surface area contributed by atoms with E-state index in [-0.39, 0.29) is 24.0 Å². The van der Waals surface area contributed by atoms with Crippen molar-refractivity contribution in [1.29, 1.82) is 0 Å². The van der Waals surface area contributed by atoms with E-state index in [1.54, 1.807) is 21.3 Å². The Labute approximate surface area is 198 Å². The summed E-state index contributed by atoms with van der Waals surface area (Å²) >= 11 is 0. The third-order valence-corrected chi connectivity index (χ3v) is 5.56. The second kappa shape index (κ2) is 14.6. The summed E-state index contributed by atoms with van der Waals surface area (Å²) in [4.78, 5) is 4.35. The first kappa shape index (κ1) is 26.6. The van der Waals surface area contributed by atoms with Gasteiger partial charge in [0.25, 0.3) is 0 Å². The Morgan fingerprint density at radius 3 is 2.17 bits per heavy atom. The fourth-order valence-corrected chi connectivity index (χ4v) is 3.78. The fourth-order valence-electron chi connectivity index (χ4n) is 3.78. The molecule has 1 aromatic carbocycles. The van der Waals surface area contributed by atoms with Crippen molar-refractivity contribution in [2.45, 2.75) is 38.5 Å². The maximum atomic E-state index is 5.83. The van der Waals surface area contributed by atoms with Gasteiger partial charge in [0.15, 0.2) is 5.96 Å². The molecule has 0 spiro atoms. The second-order valence-corrected chi connectivity index (χ2v) is 7.55. The van der Waals surface area contributed by atoms with E-state index < -0.39 is 0 Å². The molecule has 0 radical (unpaired) electrons. The van der Waals surface area contributed by atoms with Crippen molar-refractivity contribution in [2.75, 3.05) is 54.7 Å². The van der Waals surface area contributed by atoms with Crippen molar-refractivity contribution < 1.29 is 18.9 Å². The number of aliphatic imine (C=N–C) groups is 1. The quantitative estimate of drug-likeness (QED) is 0.183. The van der Waals surface area contributed by atoms with E-state index in [9.17, 15) is 0 Å². The molecule has 1 fully saturated rings. The number of nitrogens with zero attached hydrogens (tertiary/aromatic N) is 1. The number of hydrogen-bond acceptors (Lipinski definition) is 5. The molecule has 172 valence electrons. The standard InChI is InChI=1S/C22H37N3O4.HI/c1-23-21(25-17-22(10-13-26-2)8-5-6-9-22)24-11-7-12-29-20-15-18(27-3)14-19(16-20)28-4;/h14-16H,5-13,17H2,1-4H3,(H2,23,24,25);1H. The molecule has 0 aliphatic heterocycles. The van der Waals surface area contributed by atoms with Gasteiger partial charge in [0.1, 0.15) is 17.2 Å². The molecule has 7 nitrogen and oxygen atoms in total. The third kappa shape index (κ3) is 8.75. The SMILES string of the molecule is CN=C(NCCCOc1cc(OC)cc(OC)c1)NCC1(CCOC)CCCC1.I. The molecule has 0 bridgehead atoms. The second-order valence-electron chi connectivity index (χ2n) is 7.55. The third-order valence-electron chi connectivity index (χ3n) is 5.56. The first-order valence-corrected chi connectivity index (χ1v) is 10.4. The largest absolute Gasteiger partial charge is 0.496 e. The number of benzene rings is 1. The van der Waals surface area contributed by atoms with Crippen LogP contribution in [-0.2, 0) is 4.74 Å². The Kier molecular flexibility index (Phi) is 12.9. The molecule has 30 heavy (non-hydrogen) atoms. The normalized spacial score (nSPS) is 15.3. The van der Waals surface area contributed by atoms with Crippen LogP contribution in [0.3, 0.4) is 0 Å². The highest BCUT2D eigenvalue weighted by molar-refractivity contribution is 14.0. The van der Waals surface area contributed by atoms with Gasteiger partial charge in [-0.1, -0.05) is 12.8 Å². The number of rotatable bonds is 12. The molecule has 2 N–H and O–H groups in total. The lowest BCUT2D eigenvalue weighted by Gasteiger charge is -2.30. The van der Waals surface area contributed by atoms with Gasteiger partial charge in [-0.05, 0) is 31.1 Å². The monoisotopic (exact) mass is 535 g/mol. The number of halogens is 1. The van der Waals surface area contributed by atoms with E-state index in [1.807, 2.05) is 25.2 Å². The molecule has 8 heteroatoms. The van der Waals surface area contributed by atoms with Gasteiger partial charge in [-0.2, -0.15) is 0 Å². The Balaban J connectivity index is 0.00000450. The van der Waals surface area contributed by atoms with Gasteiger partial charge < -0.3 is 29.6 Å². The van der Waals surface area contributed by atoms with Crippen molar-refractivity contribution >= 4 is 29.9 Å². The van der Waals surface area contributed by atoms with Crippen molar-refractivity contribution in [3.63, 3.8) is 0 Å². The average molecular weight is 535 g/mol. The zero-order chi connectivity index (χ0) is 21.0. The van der Waals surface area contributed by atoms with Crippen molar-refractivity contribution in [3.05, 3.63) is 18.2 Å². The zero-order valence-electron chi connectivity index (χ0n) is 18.8. The van der Waals surface area contributed by atoms with Crippen LogP contribution in [0.25, 0.3) is 0 Å². The van der Waals surface area contributed by atoms with E-state index >= 15 is 0 Å². The number of ether oxygens (including phenoxy) is 4. The summed E-state index contributed by atoms with van der Waals surface area (Å²) in [5.74, 6) is 3.02. The summed E-state index contributed by atoms with van der Waals surface area (Å²) in [5, 5.41) is 6.89. The Hall–Kier alpha value is -1.42. The highest BCUT2D eigenvalue weighted by Gasteiger charge is 2.33. The Morgan fingerprint density at radius 2 is 1.60 bits per heavy atom. The van der Waals surface area contributed by atoms with Crippen LogP contribution in [-0.4, -0.2) is 60.6 Å². The van der Waals surface area contributed by atoms with Gasteiger partial charge in [0, 0.05) is 52.1 Å². The van der Waals surface area contributed by atoms with Crippen molar-refractivity contribution in [1.82, 2.24) is 10.6 Å². The van der Waals surface area contributed by atoms with Crippen LogP contribution in [0.2, 0.25) is 0 Å². The molecule has 1 aliphatic carbocycles. The molecule has 0 atom stereocenters. The van der Waals surface area contributed by atoms with Crippen LogP contribution in [0.5, 0.6) is 17.2 Å². The van der Waals surface area contributed by atoms with E-state index in [2.05, 4.69) is 15.6 Å². The summed E-state index contributed by atoms with van der Waals surface area (Å²) in [6.07, 6.45) is 7.10. The summed E-state index contributed by atoms with van der Waals surface area (Å²) in [6.45, 7) is 3.14. The molecular formula is C22H38IN3O4. The van der Waals surface area contributed by atoms with Gasteiger partial charge in [0.2, 0.25) is 0 Å². The van der Waals surface area contributed by atoms with Crippen LogP contribution in [0.1, 0.15) is 38.5 Å². The molecule has 1 saturated carbocycles. The first-order chi connectivity index (χ1) is 14.1. The smallest absolute Gasteiger partial charge is 0.190 e. The molecule has 1 aliphatic rings. The lowest BCUT2D eigenvalue weighted by molar-refractivity contribution is 0.138. The average Bonchev–Trinajstić information content (AvgIpc) is 3.23. The zero-order valence-corrected chi connectivity index (χ0v) is 21.1. The lowest BCUT2D eigenvalue weighted by Crippen LogP contribution is -2.43. The van der Waals surface area contributed by atoms with E-state index in [1.165, 1.54) is 25.7 Å². The van der Waals surface area contributed by atoms with E-state index in [0.29, 0.717) is 12.0 Å². The number of hydrogen-bond donors (Lipinski definition) is 2. The molecule has 0 aromatic heterocycles. The lowest BCUT2D eigenvalue weighted by atomic mass is 9.83. The van der Waals surface area contributed by atoms with Crippen molar-refractivity contribution in [2.24, 2.45) is 10.4 Å². The summed E-state index contributed by atoms with van der Waals surface area (Å²) in [7, 11) is 6.85. The minimum absolute atomic E-state index is 0. The van der Waals surface area contributed by atoms with Crippen molar-refractivity contribution in [3.8, 4) is 17.2 Å². The van der Waals surface area contributed by atoms with Gasteiger partial charge in [-0.3, -0.25) is 4.99 Å².